The van der Waals surface area contributed by atoms with Crippen molar-refractivity contribution in [1.82, 2.24) is 18.9 Å². The summed E-state index contributed by atoms with van der Waals surface area (Å²) in [4.78, 5) is 15.8. The summed E-state index contributed by atoms with van der Waals surface area (Å²) < 4.78 is 19.1. The number of hydrogen-bond acceptors (Lipinski definition) is 5. The molecule has 10 heteroatoms. The highest BCUT2D eigenvalue weighted by Gasteiger charge is 2.38. The Morgan fingerprint density at radius 3 is 1.11 bits per heavy atom. The number of para-hydroxylation sites is 2. The summed E-state index contributed by atoms with van der Waals surface area (Å²) >= 11 is 0. The van der Waals surface area contributed by atoms with Crippen LogP contribution in [-0.4, -0.2) is 45.8 Å². The van der Waals surface area contributed by atoms with Gasteiger partial charge in [0.2, 0.25) is 5.70 Å². The van der Waals surface area contributed by atoms with Gasteiger partial charge < -0.3 is 18.4 Å². The van der Waals surface area contributed by atoms with E-state index < -0.39 is 13.7 Å². The standard InChI is InChI=1S/C100H114B2N6O2/c1-69(62-97(5,6)7)46-48-77(71(3)64-99(11,12)13)67-109-83-56-50-75(51-57-83)93-90-91(96(92(104-17)89-61-55-74-35-31-33-45-87(74)106-89)108(93)102(81-40-26-20-27-41-81)82-42-28-21-29-43-82)94(76-52-58-84(59-53-76)110-68-78(72(4)65-100(14,15)16)49-47-70(2)63-98(8,9)10)107(101(79-36-22-18-23-37-79)80-38-24-19-25-39-80)95(90)85(66-103)88-60-54-73-34-30-32-44-86(73)105-88/h18-45,50-61,69-72,77-78H,46-49,62-65,67-68H2,1-16H3/b95-85-,96-92+. The van der Waals surface area contributed by atoms with Gasteiger partial charge in [0.15, 0.2) is 0 Å². The van der Waals surface area contributed by atoms with Gasteiger partial charge >= 0.3 is 13.7 Å². The molecule has 0 amide bonds. The third-order valence-electron chi connectivity index (χ3n) is 22.2. The fraction of sp³-hybridized carbons (Fsp3) is 0.360. The zero-order valence-corrected chi connectivity index (χ0v) is 68.3. The highest BCUT2D eigenvalue weighted by molar-refractivity contribution is 6.85. The number of pyridine rings is 2. The van der Waals surface area contributed by atoms with Gasteiger partial charge in [-0.15, -0.1) is 0 Å². The highest BCUT2D eigenvalue weighted by Crippen LogP contribution is 2.41. The van der Waals surface area contributed by atoms with E-state index in [9.17, 15) is 11.8 Å². The third-order valence-corrected chi connectivity index (χ3v) is 22.2. The van der Waals surface area contributed by atoms with Crippen molar-refractivity contribution in [3.05, 3.63) is 276 Å². The number of aromatic nitrogens is 4. The van der Waals surface area contributed by atoms with Crippen LogP contribution in [0, 0.1) is 75.1 Å². The van der Waals surface area contributed by atoms with E-state index in [4.69, 9.17) is 24.3 Å². The van der Waals surface area contributed by atoms with Crippen LogP contribution in [0.2, 0.25) is 0 Å². The average Bonchev–Trinajstić information content (AvgIpc) is 1.52. The van der Waals surface area contributed by atoms with E-state index in [2.05, 4.69) is 320 Å². The second-order valence-corrected chi connectivity index (χ2v) is 36.6. The molecule has 0 N–H and O–H groups in total. The minimum Gasteiger partial charge on any atom is -0.493 e. The number of rotatable bonds is 28. The first kappa shape index (κ1) is 79.4. The fourth-order valence-corrected chi connectivity index (χ4v) is 17.8. The van der Waals surface area contributed by atoms with Crippen LogP contribution in [0.1, 0.15) is 174 Å². The molecule has 0 spiro atoms. The van der Waals surface area contributed by atoms with Crippen molar-refractivity contribution in [2.45, 2.75) is 162 Å². The number of ether oxygens (including phenoxy) is 2. The molecule has 0 aliphatic rings. The summed E-state index contributed by atoms with van der Waals surface area (Å²) in [6, 6.07) is 87.6. The normalized spacial score (nSPS) is 14.4. The van der Waals surface area contributed by atoms with Gasteiger partial charge in [-0.1, -0.05) is 315 Å². The van der Waals surface area contributed by atoms with E-state index in [1.165, 1.54) is 12.8 Å². The van der Waals surface area contributed by atoms with Crippen molar-refractivity contribution in [3.63, 3.8) is 0 Å². The largest absolute Gasteiger partial charge is 0.493 e. The molecule has 8 nitrogen and oxygen atoms in total. The molecule has 6 atom stereocenters. The summed E-state index contributed by atoms with van der Waals surface area (Å²) in [5.41, 5.74) is 11.5. The summed E-state index contributed by atoms with van der Waals surface area (Å²) in [7, 11) is 0. The van der Waals surface area contributed by atoms with Gasteiger partial charge in [0.1, 0.15) is 23.1 Å². The Morgan fingerprint density at radius 1 is 0.409 bits per heavy atom. The maximum atomic E-state index is 12.8. The Hall–Kier alpha value is -10.2. The topological polar surface area (TPSA) is 82.2 Å². The summed E-state index contributed by atoms with van der Waals surface area (Å²) in [5.74, 6) is 4.27. The number of fused-ring (bicyclic) bond motifs is 3. The van der Waals surface area contributed by atoms with Crippen molar-refractivity contribution in [3.8, 4) is 40.1 Å². The zero-order chi connectivity index (χ0) is 78.1. The molecular weight excluding hydrogens is 1340 g/mol. The number of benzene rings is 8. The first-order valence-electron chi connectivity index (χ1n) is 40.4. The molecule has 12 rings (SSSR count). The lowest BCUT2D eigenvalue weighted by molar-refractivity contribution is 0.147. The molecule has 110 heavy (non-hydrogen) atoms. The third kappa shape index (κ3) is 19.3. The molecule has 0 fully saturated rings. The molecule has 0 saturated heterocycles. The van der Waals surface area contributed by atoms with Gasteiger partial charge in [0.25, 0.3) is 0 Å². The average molecular weight is 1450 g/mol. The minimum absolute atomic E-state index is 0.158. The van der Waals surface area contributed by atoms with E-state index >= 15 is 0 Å². The summed E-state index contributed by atoms with van der Waals surface area (Å²) in [5, 5.41) is 17.6. The smallest absolute Gasteiger partial charge is 0.328 e. The van der Waals surface area contributed by atoms with Crippen LogP contribution < -0.4 is 42.0 Å². The maximum Gasteiger partial charge on any atom is 0.328 e. The lowest BCUT2D eigenvalue weighted by Gasteiger charge is -2.31. The van der Waals surface area contributed by atoms with Crippen LogP contribution in [-0.2, 0) is 0 Å². The summed E-state index contributed by atoms with van der Waals surface area (Å²) in [6.45, 7) is 48.0. The Balaban J connectivity index is 1.23. The van der Waals surface area contributed by atoms with Crippen LogP contribution in [0.5, 0.6) is 11.5 Å². The van der Waals surface area contributed by atoms with Crippen LogP contribution in [0.25, 0.3) is 71.2 Å². The molecule has 4 heterocycles. The lowest BCUT2D eigenvalue weighted by Crippen LogP contribution is -2.54. The molecule has 0 radical (unpaired) electrons. The molecular formula is C100H114B2N6O2. The molecule has 0 saturated carbocycles. The molecule has 4 aromatic heterocycles. The SMILES string of the molecule is [C-]#[N+]/C(c1ccc2ccccc2n1)=c1\c2c(-c3ccc(OCC(CCC(C)CC(C)(C)C)C(C)CC(C)(C)C)cc3)n(B(c3ccccc3)c3ccccc3)/c(=C(/C#N)c3ccc4ccccc4n3)c2c(-c2ccc(OCC(CCC(C)CC(C)(C)C)C(C)CC(C)(C)C)cc2)n1B(c1ccccc1)c1ccccc1. The quantitative estimate of drug-likeness (QED) is 0.0360. The Kier molecular flexibility index (Phi) is 24.8. The molecule has 562 valence electrons. The predicted molar refractivity (Wildman–Crippen MR) is 467 cm³/mol. The van der Waals surface area contributed by atoms with E-state index in [0.29, 0.717) is 82.1 Å². The highest BCUT2D eigenvalue weighted by atomic mass is 16.5. The number of hydrogen-bond donors (Lipinski definition) is 0. The minimum atomic E-state index is -0.565. The molecule has 0 aliphatic carbocycles. The Bertz CT molecular complexity index is 4890. The fourth-order valence-electron chi connectivity index (χ4n) is 17.8. The van der Waals surface area contributed by atoms with E-state index in [-0.39, 0.29) is 21.7 Å². The molecule has 0 aliphatic heterocycles. The van der Waals surface area contributed by atoms with E-state index in [0.717, 1.165) is 127 Å². The van der Waals surface area contributed by atoms with Crippen molar-refractivity contribution in [1.29, 1.82) is 5.26 Å². The number of nitrogens with zero attached hydrogens (tertiary/aromatic N) is 6. The first-order valence-corrected chi connectivity index (χ1v) is 40.4. The van der Waals surface area contributed by atoms with Crippen molar-refractivity contribution >= 4 is 79.4 Å². The van der Waals surface area contributed by atoms with Gasteiger partial charge in [-0.05, 0) is 180 Å². The predicted octanol–water partition coefficient (Wildman–Crippen LogP) is 21.8. The van der Waals surface area contributed by atoms with Gasteiger partial charge in [-0.2, -0.15) is 5.26 Å². The van der Waals surface area contributed by atoms with Crippen LogP contribution in [0.4, 0.5) is 0 Å². The monoisotopic (exact) mass is 1450 g/mol. The van der Waals surface area contributed by atoms with Crippen molar-refractivity contribution in [2.24, 2.45) is 57.2 Å². The molecule has 8 aromatic carbocycles. The van der Waals surface area contributed by atoms with Crippen LogP contribution in [0.15, 0.2) is 243 Å². The van der Waals surface area contributed by atoms with Gasteiger partial charge in [-0.3, -0.25) is 4.98 Å². The van der Waals surface area contributed by atoms with Gasteiger partial charge in [0.05, 0.1) is 47.6 Å². The molecule has 0 bridgehead atoms. The molecule has 12 aromatic rings. The number of nitriles is 1. The summed E-state index contributed by atoms with van der Waals surface area (Å²) in [6.07, 6.45) is 8.96. The Morgan fingerprint density at radius 2 is 0.745 bits per heavy atom. The van der Waals surface area contributed by atoms with Crippen molar-refractivity contribution < 1.29 is 9.47 Å². The lowest BCUT2D eigenvalue weighted by atomic mass is 9.50. The van der Waals surface area contributed by atoms with Crippen LogP contribution in [0.3, 0.4) is 0 Å². The Labute approximate surface area is 657 Å². The maximum absolute atomic E-state index is 12.8. The van der Waals surface area contributed by atoms with Gasteiger partial charge in [0, 0.05) is 38.3 Å². The van der Waals surface area contributed by atoms with E-state index in [1.807, 2.05) is 48.5 Å². The van der Waals surface area contributed by atoms with Gasteiger partial charge in [-0.25, -0.2) is 9.83 Å². The van der Waals surface area contributed by atoms with Crippen LogP contribution >= 0.6 is 0 Å². The van der Waals surface area contributed by atoms with Crippen molar-refractivity contribution in [2.75, 3.05) is 13.2 Å². The molecule has 6 unspecified atom stereocenters. The zero-order valence-electron chi connectivity index (χ0n) is 68.3. The second kappa shape index (κ2) is 34.4. The van der Waals surface area contributed by atoms with E-state index in [1.54, 1.807) is 0 Å². The first-order chi connectivity index (χ1) is 52.6. The second-order valence-electron chi connectivity index (χ2n) is 36.6.